The van der Waals surface area contributed by atoms with E-state index >= 15 is 0 Å². The van der Waals surface area contributed by atoms with E-state index in [9.17, 15) is 4.79 Å². The zero-order valence-corrected chi connectivity index (χ0v) is 9.68. The number of halogens is 1. The van der Waals surface area contributed by atoms with Crippen LogP contribution in [0.15, 0.2) is 18.2 Å². The molecule has 0 saturated carbocycles. The Morgan fingerprint density at radius 2 is 2.33 bits per heavy atom. The van der Waals surface area contributed by atoms with Gasteiger partial charge < -0.3 is 4.79 Å². The van der Waals surface area contributed by atoms with Gasteiger partial charge in [0, 0.05) is 11.4 Å². The molecular formula is C13H15ClO. The van der Waals surface area contributed by atoms with Gasteiger partial charge in [0.05, 0.1) is 0 Å². The Labute approximate surface area is 95.4 Å². The molecule has 0 saturated heterocycles. The molecule has 0 bridgehead atoms. The quantitative estimate of drug-likeness (QED) is 0.745. The maximum Gasteiger partial charge on any atom is 0.130 e. The van der Waals surface area contributed by atoms with Gasteiger partial charge in [0.15, 0.2) is 0 Å². The third-order valence-electron chi connectivity index (χ3n) is 3.08. The zero-order chi connectivity index (χ0) is 10.8. The van der Waals surface area contributed by atoms with Gasteiger partial charge in [-0.3, -0.25) is 0 Å². The van der Waals surface area contributed by atoms with Crippen LogP contribution in [0.5, 0.6) is 0 Å². The number of benzene rings is 1. The van der Waals surface area contributed by atoms with Crippen molar-refractivity contribution in [3.05, 3.63) is 34.3 Å². The summed E-state index contributed by atoms with van der Waals surface area (Å²) in [4.78, 5) is 11.2. The minimum absolute atomic E-state index is 0.271. The van der Waals surface area contributed by atoms with Gasteiger partial charge in [0.2, 0.25) is 0 Å². The molecule has 0 heterocycles. The van der Waals surface area contributed by atoms with Gasteiger partial charge >= 0.3 is 0 Å². The predicted molar refractivity (Wildman–Crippen MR) is 62.4 cm³/mol. The van der Waals surface area contributed by atoms with Crippen molar-refractivity contribution in [2.75, 3.05) is 0 Å². The van der Waals surface area contributed by atoms with Crippen molar-refractivity contribution in [3.8, 4) is 0 Å². The summed E-state index contributed by atoms with van der Waals surface area (Å²) in [6.45, 7) is 1.67. The van der Waals surface area contributed by atoms with Crippen molar-refractivity contribution >= 4 is 17.4 Å². The number of ketones is 1. The summed E-state index contributed by atoms with van der Waals surface area (Å²) in [7, 11) is 0. The first-order valence-electron chi connectivity index (χ1n) is 5.44. The predicted octanol–water partition coefficient (Wildman–Crippen LogP) is 3.74. The first kappa shape index (κ1) is 10.7. The van der Waals surface area contributed by atoms with Gasteiger partial charge in [-0.2, -0.15) is 0 Å². The average molecular weight is 223 g/mol. The normalized spacial score (nSPS) is 19.7. The van der Waals surface area contributed by atoms with E-state index in [0.29, 0.717) is 12.3 Å². The molecule has 0 fully saturated rings. The number of carbonyl (C=O) groups is 1. The van der Waals surface area contributed by atoms with Crippen LogP contribution >= 0.6 is 11.6 Å². The molecule has 0 aliphatic heterocycles. The third kappa shape index (κ3) is 2.40. The molecule has 1 unspecified atom stereocenters. The highest BCUT2D eigenvalue weighted by Crippen LogP contribution is 2.35. The molecule has 1 atom stereocenters. The minimum atomic E-state index is 0.271. The number of hydrogen-bond acceptors (Lipinski definition) is 1. The van der Waals surface area contributed by atoms with Crippen molar-refractivity contribution in [1.29, 1.82) is 0 Å². The molecule has 1 aromatic rings. The van der Waals surface area contributed by atoms with E-state index in [0.717, 1.165) is 17.9 Å². The van der Waals surface area contributed by atoms with Gasteiger partial charge in [-0.1, -0.05) is 17.7 Å². The second-order valence-corrected chi connectivity index (χ2v) is 4.77. The molecule has 1 aliphatic rings. The van der Waals surface area contributed by atoms with E-state index in [1.165, 1.54) is 17.5 Å². The number of fused-ring (bicyclic) bond motifs is 1. The summed E-state index contributed by atoms with van der Waals surface area (Å²) >= 11 is 5.99. The van der Waals surface area contributed by atoms with E-state index < -0.39 is 0 Å². The number of Topliss-reactive ketones (excluding diaryl/α,β-unsaturated/α-hetero) is 1. The third-order valence-corrected chi connectivity index (χ3v) is 3.32. The average Bonchev–Trinajstić information content (AvgIpc) is 2.18. The molecular weight excluding hydrogens is 208 g/mol. The Hall–Kier alpha value is -0.820. The van der Waals surface area contributed by atoms with Crippen molar-refractivity contribution in [2.45, 2.75) is 38.5 Å². The van der Waals surface area contributed by atoms with E-state index in [-0.39, 0.29) is 5.78 Å². The van der Waals surface area contributed by atoms with Crippen LogP contribution in [0, 0.1) is 0 Å². The number of hydrogen-bond donors (Lipinski definition) is 0. The number of carbonyl (C=O) groups excluding carboxylic acids is 1. The molecule has 1 nitrogen and oxygen atoms in total. The summed E-state index contributed by atoms with van der Waals surface area (Å²) in [6.07, 6.45) is 4.09. The maximum absolute atomic E-state index is 11.2. The van der Waals surface area contributed by atoms with Gasteiger partial charge in [-0.15, -0.1) is 0 Å². The topological polar surface area (TPSA) is 17.1 Å². The molecule has 1 aromatic carbocycles. The van der Waals surface area contributed by atoms with Crippen molar-refractivity contribution in [3.63, 3.8) is 0 Å². The minimum Gasteiger partial charge on any atom is -0.300 e. The Kier molecular flexibility index (Phi) is 3.11. The second-order valence-electron chi connectivity index (χ2n) is 4.34. The Morgan fingerprint density at radius 3 is 3.07 bits per heavy atom. The molecule has 2 rings (SSSR count). The van der Waals surface area contributed by atoms with Gasteiger partial charge in [-0.25, -0.2) is 0 Å². The van der Waals surface area contributed by atoms with Crippen LogP contribution in [0.3, 0.4) is 0 Å². The Morgan fingerprint density at radius 1 is 1.53 bits per heavy atom. The van der Waals surface area contributed by atoms with Crippen molar-refractivity contribution in [1.82, 2.24) is 0 Å². The fourth-order valence-electron chi connectivity index (χ4n) is 2.43. The highest BCUT2D eigenvalue weighted by molar-refractivity contribution is 6.30. The van der Waals surface area contributed by atoms with Crippen molar-refractivity contribution in [2.24, 2.45) is 0 Å². The second kappa shape index (κ2) is 4.36. The Balaban J connectivity index is 2.32. The maximum atomic E-state index is 11.2. The lowest BCUT2D eigenvalue weighted by molar-refractivity contribution is -0.117. The number of aryl methyl sites for hydroxylation is 1. The smallest absolute Gasteiger partial charge is 0.130 e. The summed E-state index contributed by atoms with van der Waals surface area (Å²) in [5.41, 5.74) is 2.67. The molecule has 0 radical (unpaired) electrons. The van der Waals surface area contributed by atoms with Gasteiger partial charge in [0.1, 0.15) is 5.78 Å². The number of rotatable bonds is 2. The van der Waals surface area contributed by atoms with Crippen LogP contribution in [0.4, 0.5) is 0 Å². The summed E-state index contributed by atoms with van der Waals surface area (Å²) in [5.74, 6) is 0.665. The van der Waals surface area contributed by atoms with Crippen LogP contribution in [0.2, 0.25) is 5.02 Å². The summed E-state index contributed by atoms with van der Waals surface area (Å²) in [6, 6.07) is 6.07. The fourth-order valence-corrected chi connectivity index (χ4v) is 2.61. The van der Waals surface area contributed by atoms with Gasteiger partial charge in [-0.05, 0) is 55.4 Å². The molecule has 15 heavy (non-hydrogen) atoms. The molecule has 0 aromatic heterocycles. The highest BCUT2D eigenvalue weighted by Gasteiger charge is 2.21. The molecule has 0 N–H and O–H groups in total. The van der Waals surface area contributed by atoms with Crippen LogP contribution in [0.25, 0.3) is 0 Å². The van der Waals surface area contributed by atoms with E-state index in [1.807, 2.05) is 12.1 Å². The molecule has 0 amide bonds. The Bertz CT molecular complexity index is 384. The standard InChI is InChI=1S/C13H15ClO/c1-9(15)7-11-4-2-3-10-5-6-12(14)8-13(10)11/h5-6,8,11H,2-4,7H2,1H3. The molecule has 80 valence electrons. The lowest BCUT2D eigenvalue weighted by Gasteiger charge is -2.24. The summed E-state index contributed by atoms with van der Waals surface area (Å²) in [5, 5.41) is 0.782. The lowest BCUT2D eigenvalue weighted by atomic mass is 9.80. The SMILES string of the molecule is CC(=O)CC1CCCc2ccc(Cl)cc21. The molecule has 2 heteroatoms. The largest absolute Gasteiger partial charge is 0.300 e. The van der Waals surface area contributed by atoms with Crippen LogP contribution in [-0.2, 0) is 11.2 Å². The van der Waals surface area contributed by atoms with Crippen LogP contribution in [0.1, 0.15) is 43.2 Å². The first-order chi connectivity index (χ1) is 7.16. The van der Waals surface area contributed by atoms with E-state index in [4.69, 9.17) is 11.6 Å². The van der Waals surface area contributed by atoms with E-state index in [1.54, 1.807) is 6.92 Å². The summed E-state index contributed by atoms with van der Waals surface area (Å²) < 4.78 is 0. The monoisotopic (exact) mass is 222 g/mol. The van der Waals surface area contributed by atoms with Crippen LogP contribution < -0.4 is 0 Å². The first-order valence-corrected chi connectivity index (χ1v) is 5.82. The van der Waals surface area contributed by atoms with Crippen LogP contribution in [-0.4, -0.2) is 5.78 Å². The van der Waals surface area contributed by atoms with E-state index in [2.05, 4.69) is 6.07 Å². The van der Waals surface area contributed by atoms with Gasteiger partial charge in [0.25, 0.3) is 0 Å². The lowest BCUT2D eigenvalue weighted by Crippen LogP contribution is -2.12. The fraction of sp³-hybridized carbons (Fsp3) is 0.462. The molecule has 0 spiro atoms. The highest BCUT2D eigenvalue weighted by atomic mass is 35.5. The molecule has 1 aliphatic carbocycles. The van der Waals surface area contributed by atoms with Crippen molar-refractivity contribution < 1.29 is 4.79 Å². The zero-order valence-electron chi connectivity index (χ0n) is 8.92.